The van der Waals surface area contributed by atoms with Gasteiger partial charge in [-0.3, -0.25) is 0 Å². The van der Waals surface area contributed by atoms with Gasteiger partial charge >= 0.3 is 0 Å². The minimum atomic E-state index is -0.355. The van der Waals surface area contributed by atoms with E-state index in [9.17, 15) is 0 Å². The van der Waals surface area contributed by atoms with Crippen molar-refractivity contribution in [1.29, 1.82) is 0 Å². The number of allylic oxidation sites excluding steroid dienone is 2. The molecule has 54 heavy (non-hydrogen) atoms. The molecule has 7 aromatic carbocycles. The fraction of sp³-hybridized carbons (Fsp3) is 0.102. The Balaban J connectivity index is 0.000000274. The molecule has 1 heterocycles. The van der Waals surface area contributed by atoms with Gasteiger partial charge in [0.1, 0.15) is 11.2 Å². The van der Waals surface area contributed by atoms with E-state index in [2.05, 4.69) is 116 Å². The van der Waals surface area contributed by atoms with E-state index < -0.39 is 0 Å². The second-order valence-electron chi connectivity index (χ2n) is 13.2. The fourth-order valence-electron chi connectivity index (χ4n) is 6.13. The zero-order valence-corrected chi connectivity index (χ0v) is 31.0. The Bertz CT molecular complexity index is 2350. The molecule has 0 saturated carbocycles. The molecule has 5 heteroatoms. The lowest BCUT2D eigenvalue weighted by molar-refractivity contribution is 0.615. The zero-order valence-electron chi connectivity index (χ0n) is 31.0. The summed E-state index contributed by atoms with van der Waals surface area (Å²) in [6.45, 7) is 4.89. The maximum atomic E-state index is 6.42. The van der Waals surface area contributed by atoms with Crippen LogP contribution in [0.15, 0.2) is 192 Å². The van der Waals surface area contributed by atoms with Crippen molar-refractivity contribution >= 4 is 33.2 Å². The second-order valence-corrected chi connectivity index (χ2v) is 13.2. The number of anilines is 1. The molecule has 5 nitrogen and oxygen atoms in total. The van der Waals surface area contributed by atoms with Crippen LogP contribution in [-0.2, 0) is 13.0 Å². The highest BCUT2D eigenvalue weighted by molar-refractivity contribution is 6.12. The van der Waals surface area contributed by atoms with Gasteiger partial charge in [-0.25, -0.2) is 5.43 Å². The molecular formula is C49H48N4O. The van der Waals surface area contributed by atoms with Crippen LogP contribution in [0.3, 0.4) is 0 Å². The first-order valence-corrected chi connectivity index (χ1v) is 18.3. The third kappa shape index (κ3) is 10.2. The number of benzene rings is 7. The number of hydrogen-bond donors (Lipinski definition) is 4. The third-order valence-electron chi connectivity index (χ3n) is 9.16. The lowest BCUT2D eigenvalue weighted by Crippen LogP contribution is -2.33. The Morgan fingerprint density at radius 1 is 0.648 bits per heavy atom. The first-order valence-electron chi connectivity index (χ1n) is 18.3. The van der Waals surface area contributed by atoms with Crippen LogP contribution >= 0.6 is 0 Å². The van der Waals surface area contributed by atoms with Gasteiger partial charge in [-0.15, -0.1) is 0 Å². The maximum absolute atomic E-state index is 6.42. The summed E-state index contributed by atoms with van der Waals surface area (Å²) in [7, 11) is 0. The molecule has 0 bridgehead atoms. The van der Waals surface area contributed by atoms with Crippen molar-refractivity contribution in [2.45, 2.75) is 33.0 Å². The highest BCUT2D eigenvalue weighted by atomic mass is 16.3. The minimum Gasteiger partial charge on any atom is -0.456 e. The molecule has 6 N–H and O–H groups in total. The van der Waals surface area contributed by atoms with E-state index >= 15 is 0 Å². The van der Waals surface area contributed by atoms with E-state index in [-0.39, 0.29) is 6.17 Å². The summed E-state index contributed by atoms with van der Waals surface area (Å²) in [6.07, 6.45) is 2.75. The minimum absolute atomic E-state index is 0.355. The summed E-state index contributed by atoms with van der Waals surface area (Å²) in [5.41, 5.74) is 30.4. The Kier molecular flexibility index (Phi) is 13.2. The molecule has 0 aliphatic heterocycles. The van der Waals surface area contributed by atoms with Crippen molar-refractivity contribution in [2.75, 3.05) is 5.43 Å². The van der Waals surface area contributed by atoms with Gasteiger partial charge in [0.25, 0.3) is 0 Å². The normalized spacial score (nSPS) is 11.6. The number of aryl methyl sites for hydroxylation is 1. The van der Waals surface area contributed by atoms with E-state index in [1.807, 2.05) is 97.1 Å². The van der Waals surface area contributed by atoms with Crippen molar-refractivity contribution < 1.29 is 4.42 Å². The molecule has 1 aromatic heterocycles. The predicted molar refractivity (Wildman–Crippen MR) is 229 cm³/mol. The highest BCUT2D eigenvalue weighted by Crippen LogP contribution is 2.38. The SMILES string of the molecule is C/C(=C\Cc1cc(-c2ccc(C(N)NNc3ccccc3)cc2)c2c(c1)oc1ccccc12)c1ccccc1.Cc1ccccc1.NCc1ccccc1. The topological polar surface area (TPSA) is 89.2 Å². The van der Waals surface area contributed by atoms with Crippen LogP contribution in [0.5, 0.6) is 0 Å². The van der Waals surface area contributed by atoms with Gasteiger partial charge in [0.15, 0.2) is 0 Å². The molecule has 8 rings (SSSR count). The summed E-state index contributed by atoms with van der Waals surface area (Å²) < 4.78 is 6.32. The van der Waals surface area contributed by atoms with Crippen molar-refractivity contribution in [3.05, 3.63) is 216 Å². The summed E-state index contributed by atoms with van der Waals surface area (Å²) in [6, 6.07) is 61.9. The quantitative estimate of drug-likeness (QED) is 0.0885. The number of fused-ring (bicyclic) bond motifs is 3. The molecule has 0 saturated heterocycles. The monoisotopic (exact) mass is 708 g/mol. The molecular weight excluding hydrogens is 661 g/mol. The van der Waals surface area contributed by atoms with Crippen LogP contribution < -0.4 is 22.3 Å². The van der Waals surface area contributed by atoms with Crippen molar-refractivity contribution in [1.82, 2.24) is 5.43 Å². The Labute approximate surface area is 319 Å². The molecule has 0 amide bonds. The van der Waals surface area contributed by atoms with Gasteiger partial charge in [-0.1, -0.05) is 163 Å². The van der Waals surface area contributed by atoms with Crippen LogP contribution in [0.25, 0.3) is 38.6 Å². The average Bonchev–Trinajstić information content (AvgIpc) is 3.62. The van der Waals surface area contributed by atoms with Crippen molar-refractivity contribution in [3.8, 4) is 11.1 Å². The molecule has 0 fully saturated rings. The molecule has 1 unspecified atom stereocenters. The average molecular weight is 709 g/mol. The lowest BCUT2D eigenvalue weighted by atomic mass is 9.94. The smallest absolute Gasteiger partial charge is 0.136 e. The van der Waals surface area contributed by atoms with E-state index in [1.54, 1.807) is 0 Å². The predicted octanol–water partition coefficient (Wildman–Crippen LogP) is 11.6. The van der Waals surface area contributed by atoms with Crippen LogP contribution in [-0.4, -0.2) is 0 Å². The van der Waals surface area contributed by atoms with E-state index in [1.165, 1.54) is 27.8 Å². The molecule has 1 atom stereocenters. The maximum Gasteiger partial charge on any atom is 0.136 e. The molecule has 0 aliphatic carbocycles. The number of furan rings is 1. The Morgan fingerprint density at radius 2 is 1.24 bits per heavy atom. The number of hydrogen-bond acceptors (Lipinski definition) is 5. The van der Waals surface area contributed by atoms with Gasteiger partial charge in [-0.2, -0.15) is 0 Å². The van der Waals surface area contributed by atoms with E-state index in [0.717, 1.165) is 50.7 Å². The standard InChI is InChI=1S/C35H31N3O.C7H9N.C7H8/c1-24(26-10-4-2-5-11-26)16-17-25-22-31(34-30-14-8-9-15-32(30)39-33(34)23-25)27-18-20-28(21-19-27)35(36)38-37-29-12-6-3-7-13-29;8-6-7-4-2-1-3-5-7;1-7-5-3-2-4-6-7/h2-16,18-23,35,37-38H,17,36H2,1H3;1-5H,6,8H2;2-6H,1H3/b24-16+;;. The van der Waals surface area contributed by atoms with Gasteiger partial charge in [-0.05, 0) is 89.6 Å². The number of rotatable bonds is 9. The fourth-order valence-corrected chi connectivity index (χ4v) is 6.13. The summed E-state index contributed by atoms with van der Waals surface area (Å²) >= 11 is 0. The van der Waals surface area contributed by atoms with Gasteiger partial charge in [0.05, 0.1) is 6.17 Å². The van der Waals surface area contributed by atoms with Gasteiger partial charge in [0.2, 0.25) is 0 Å². The van der Waals surface area contributed by atoms with Crippen LogP contribution in [0.4, 0.5) is 5.69 Å². The number of hydrazine groups is 1. The molecule has 8 aromatic rings. The van der Waals surface area contributed by atoms with Gasteiger partial charge in [0, 0.05) is 23.0 Å². The first-order chi connectivity index (χ1) is 26.5. The highest BCUT2D eigenvalue weighted by Gasteiger charge is 2.15. The number of nitrogens with two attached hydrogens (primary N) is 2. The van der Waals surface area contributed by atoms with Crippen LogP contribution in [0, 0.1) is 6.92 Å². The summed E-state index contributed by atoms with van der Waals surface area (Å²) in [5, 5.41) is 2.26. The van der Waals surface area contributed by atoms with Crippen molar-refractivity contribution in [2.24, 2.45) is 11.5 Å². The van der Waals surface area contributed by atoms with Crippen LogP contribution in [0.1, 0.15) is 40.9 Å². The van der Waals surface area contributed by atoms with Crippen LogP contribution in [0.2, 0.25) is 0 Å². The number of nitrogens with one attached hydrogen (secondary N) is 2. The van der Waals surface area contributed by atoms with Crippen molar-refractivity contribution in [3.63, 3.8) is 0 Å². The Morgan fingerprint density at radius 3 is 1.85 bits per heavy atom. The lowest BCUT2D eigenvalue weighted by Gasteiger charge is -2.17. The Hall–Kier alpha value is -6.24. The molecule has 270 valence electrons. The first kappa shape index (κ1) is 37.5. The van der Waals surface area contributed by atoms with Gasteiger partial charge < -0.3 is 21.3 Å². The van der Waals surface area contributed by atoms with E-state index in [4.69, 9.17) is 15.9 Å². The second kappa shape index (κ2) is 19.0. The summed E-state index contributed by atoms with van der Waals surface area (Å²) in [4.78, 5) is 0. The number of para-hydroxylation sites is 2. The molecule has 0 spiro atoms. The third-order valence-corrected chi connectivity index (χ3v) is 9.16. The zero-order chi connectivity index (χ0) is 37.5. The molecule has 0 radical (unpaired) electrons. The molecule has 0 aliphatic rings. The summed E-state index contributed by atoms with van der Waals surface area (Å²) in [5.74, 6) is 0. The van der Waals surface area contributed by atoms with E-state index in [0.29, 0.717) is 6.54 Å². The largest absolute Gasteiger partial charge is 0.456 e.